The molecule has 126 valence electrons. The normalized spacial score (nSPS) is 11.6. The minimum Gasteiger partial charge on any atom is -0.494 e. The van der Waals surface area contributed by atoms with Crippen LogP contribution in [0.25, 0.3) is 0 Å². The second-order valence-electron chi connectivity index (χ2n) is 4.84. The summed E-state index contributed by atoms with van der Waals surface area (Å²) >= 11 is 4.79. The molecule has 2 rings (SSSR count). The molecule has 1 atom stereocenters. The third-order valence-electron chi connectivity index (χ3n) is 3.15. The third-order valence-corrected chi connectivity index (χ3v) is 4.79. The van der Waals surface area contributed by atoms with Gasteiger partial charge in [-0.2, -0.15) is 0 Å². The molecule has 0 fully saturated rings. The van der Waals surface area contributed by atoms with Crippen LogP contribution in [0.5, 0.6) is 5.75 Å². The topological polar surface area (TPSA) is 81.5 Å². The van der Waals surface area contributed by atoms with Crippen molar-refractivity contribution < 1.29 is 14.5 Å². The Balaban J connectivity index is 2.08. The Morgan fingerprint density at radius 3 is 2.54 bits per heavy atom. The van der Waals surface area contributed by atoms with Gasteiger partial charge in [0.15, 0.2) is 0 Å². The van der Waals surface area contributed by atoms with E-state index >= 15 is 0 Å². The van der Waals surface area contributed by atoms with Gasteiger partial charge >= 0.3 is 0 Å². The number of halogens is 1. The van der Waals surface area contributed by atoms with Crippen LogP contribution < -0.4 is 10.1 Å². The third kappa shape index (κ3) is 4.72. The first kappa shape index (κ1) is 18.3. The van der Waals surface area contributed by atoms with Gasteiger partial charge < -0.3 is 10.1 Å². The van der Waals surface area contributed by atoms with Crippen molar-refractivity contribution in [2.75, 3.05) is 12.4 Å². The van der Waals surface area contributed by atoms with E-state index in [2.05, 4.69) is 21.2 Å². The molecule has 0 aliphatic rings. The first-order chi connectivity index (χ1) is 11.4. The molecule has 0 unspecified atom stereocenters. The van der Waals surface area contributed by atoms with Crippen LogP contribution in [0.2, 0.25) is 0 Å². The van der Waals surface area contributed by atoms with E-state index in [0.717, 1.165) is 9.37 Å². The van der Waals surface area contributed by atoms with Gasteiger partial charge in [0.1, 0.15) is 5.75 Å². The summed E-state index contributed by atoms with van der Waals surface area (Å²) in [5, 5.41) is 13.2. The van der Waals surface area contributed by atoms with E-state index in [1.807, 2.05) is 24.3 Å². The van der Waals surface area contributed by atoms with Crippen molar-refractivity contribution in [1.82, 2.24) is 0 Å². The molecule has 8 heteroatoms. The molecule has 0 radical (unpaired) electrons. The minimum absolute atomic E-state index is 0.0952. The molecule has 0 aromatic heterocycles. The molecular weight excluding hydrogens is 396 g/mol. The lowest BCUT2D eigenvalue weighted by Gasteiger charge is -2.14. The van der Waals surface area contributed by atoms with Crippen LogP contribution in [0.1, 0.15) is 6.92 Å². The van der Waals surface area contributed by atoms with Gasteiger partial charge in [0.05, 0.1) is 29.0 Å². The van der Waals surface area contributed by atoms with Crippen LogP contribution in [-0.4, -0.2) is 23.2 Å². The van der Waals surface area contributed by atoms with E-state index in [1.165, 1.54) is 37.1 Å². The average molecular weight is 411 g/mol. The first-order valence-electron chi connectivity index (χ1n) is 6.96. The van der Waals surface area contributed by atoms with E-state index in [9.17, 15) is 14.9 Å². The largest absolute Gasteiger partial charge is 0.494 e. The number of nitro groups is 1. The number of anilines is 1. The SMILES string of the molecule is COc1cc([N+](=O)[O-])ccc1NC(=O)[C@H](C)Sc1ccc(Br)cc1. The second-order valence-corrected chi connectivity index (χ2v) is 7.17. The number of methoxy groups -OCH3 is 1. The highest BCUT2D eigenvalue weighted by Crippen LogP contribution is 2.31. The molecule has 6 nitrogen and oxygen atoms in total. The number of benzene rings is 2. The zero-order valence-corrected chi connectivity index (χ0v) is 15.4. The molecule has 2 aromatic rings. The lowest BCUT2D eigenvalue weighted by molar-refractivity contribution is -0.384. The van der Waals surface area contributed by atoms with E-state index in [1.54, 1.807) is 6.92 Å². The van der Waals surface area contributed by atoms with E-state index in [-0.39, 0.29) is 22.6 Å². The molecule has 1 N–H and O–H groups in total. The maximum atomic E-state index is 12.3. The monoisotopic (exact) mass is 410 g/mol. The molecule has 0 saturated carbocycles. The predicted octanol–water partition coefficient (Wildman–Crippen LogP) is 4.49. The number of nitrogens with one attached hydrogen (secondary N) is 1. The van der Waals surface area contributed by atoms with Crippen LogP contribution in [0.4, 0.5) is 11.4 Å². The summed E-state index contributed by atoms with van der Waals surface area (Å²) in [4.78, 5) is 23.6. The number of carbonyl (C=O) groups is 1. The van der Waals surface area contributed by atoms with Gasteiger partial charge in [-0.15, -0.1) is 11.8 Å². The molecule has 24 heavy (non-hydrogen) atoms. The van der Waals surface area contributed by atoms with Gasteiger partial charge in [-0.3, -0.25) is 14.9 Å². The highest BCUT2D eigenvalue weighted by atomic mass is 79.9. The highest BCUT2D eigenvalue weighted by molar-refractivity contribution is 9.10. The first-order valence-corrected chi connectivity index (χ1v) is 8.63. The summed E-state index contributed by atoms with van der Waals surface area (Å²) in [6, 6.07) is 11.7. The number of hydrogen-bond acceptors (Lipinski definition) is 5. The highest BCUT2D eigenvalue weighted by Gasteiger charge is 2.18. The lowest BCUT2D eigenvalue weighted by Crippen LogP contribution is -2.22. The van der Waals surface area contributed by atoms with E-state index < -0.39 is 4.92 Å². The zero-order chi connectivity index (χ0) is 17.7. The van der Waals surface area contributed by atoms with E-state index in [0.29, 0.717) is 5.69 Å². The molecule has 0 saturated heterocycles. The van der Waals surface area contributed by atoms with Crippen molar-refractivity contribution in [3.63, 3.8) is 0 Å². The number of nitrogens with zero attached hydrogens (tertiary/aromatic N) is 1. The van der Waals surface area contributed by atoms with Gasteiger partial charge in [-0.25, -0.2) is 0 Å². The number of nitro benzene ring substituents is 1. The van der Waals surface area contributed by atoms with Crippen molar-refractivity contribution in [3.05, 3.63) is 57.1 Å². The Hall–Kier alpha value is -2.06. The Bertz CT molecular complexity index is 752. The number of non-ortho nitro benzene ring substituents is 1. The summed E-state index contributed by atoms with van der Waals surface area (Å²) in [5.41, 5.74) is 0.304. The molecule has 1 amide bonds. The molecule has 2 aromatic carbocycles. The van der Waals surface area contributed by atoms with Gasteiger partial charge in [0, 0.05) is 15.4 Å². The van der Waals surface area contributed by atoms with Gasteiger partial charge in [0.2, 0.25) is 5.91 Å². The van der Waals surface area contributed by atoms with Crippen LogP contribution >= 0.6 is 27.7 Å². The van der Waals surface area contributed by atoms with Crippen LogP contribution in [0.15, 0.2) is 51.8 Å². The molecule has 0 heterocycles. The summed E-state index contributed by atoms with van der Waals surface area (Å²) in [5.74, 6) is 0.0356. The fraction of sp³-hybridized carbons (Fsp3) is 0.188. The number of carbonyl (C=O) groups excluding carboxylic acids is 1. The molecule has 0 aliphatic heterocycles. The minimum atomic E-state index is -0.514. The standard InChI is InChI=1S/C16H15BrN2O4S/c1-10(24-13-6-3-11(17)4-7-13)16(20)18-14-8-5-12(19(21)22)9-15(14)23-2/h3-10H,1-2H3,(H,18,20)/t10-/m0/s1. The van der Waals surface area contributed by atoms with Crippen molar-refractivity contribution in [2.24, 2.45) is 0 Å². The quantitative estimate of drug-likeness (QED) is 0.431. The Labute approximate surface area is 151 Å². The average Bonchev–Trinajstić information content (AvgIpc) is 2.56. The lowest BCUT2D eigenvalue weighted by atomic mass is 10.2. The second kappa shape index (κ2) is 8.16. The van der Waals surface area contributed by atoms with E-state index in [4.69, 9.17) is 4.74 Å². The summed E-state index contributed by atoms with van der Waals surface area (Å²) in [6.07, 6.45) is 0. The van der Waals surface area contributed by atoms with Crippen molar-refractivity contribution in [3.8, 4) is 5.75 Å². The summed E-state index contributed by atoms with van der Waals surface area (Å²) in [7, 11) is 1.40. The Morgan fingerprint density at radius 1 is 1.29 bits per heavy atom. The van der Waals surface area contributed by atoms with Crippen LogP contribution in [-0.2, 0) is 4.79 Å². The maximum absolute atomic E-state index is 12.3. The molecule has 0 aliphatic carbocycles. The van der Waals surface area contributed by atoms with Crippen molar-refractivity contribution in [2.45, 2.75) is 17.1 Å². The van der Waals surface area contributed by atoms with Crippen LogP contribution in [0, 0.1) is 10.1 Å². The predicted molar refractivity (Wildman–Crippen MR) is 97.7 cm³/mol. The fourth-order valence-electron chi connectivity index (χ4n) is 1.90. The maximum Gasteiger partial charge on any atom is 0.273 e. The molecule has 0 spiro atoms. The van der Waals surface area contributed by atoms with Crippen molar-refractivity contribution in [1.29, 1.82) is 0 Å². The summed E-state index contributed by atoms with van der Waals surface area (Å²) in [6.45, 7) is 1.79. The summed E-state index contributed by atoms with van der Waals surface area (Å²) < 4.78 is 6.09. The number of ether oxygens (including phenoxy) is 1. The molecular formula is C16H15BrN2O4S. The number of rotatable bonds is 6. The number of thioether (sulfide) groups is 1. The number of amides is 1. The van der Waals surface area contributed by atoms with Gasteiger partial charge in [-0.1, -0.05) is 15.9 Å². The van der Waals surface area contributed by atoms with Crippen LogP contribution in [0.3, 0.4) is 0 Å². The Kier molecular flexibility index (Phi) is 6.22. The Morgan fingerprint density at radius 2 is 1.96 bits per heavy atom. The fourth-order valence-corrected chi connectivity index (χ4v) is 3.03. The number of hydrogen-bond donors (Lipinski definition) is 1. The van der Waals surface area contributed by atoms with Gasteiger partial charge in [0.25, 0.3) is 5.69 Å². The van der Waals surface area contributed by atoms with Crippen molar-refractivity contribution >= 4 is 45.0 Å². The smallest absolute Gasteiger partial charge is 0.273 e. The molecule has 0 bridgehead atoms. The van der Waals surface area contributed by atoms with Gasteiger partial charge in [-0.05, 0) is 37.3 Å². The zero-order valence-electron chi connectivity index (χ0n) is 13.0.